The number of hydrogen-bond donors (Lipinski definition) is 2. The molecule has 0 radical (unpaired) electrons. The average molecular weight is 333 g/mol. The Kier molecular flexibility index (Phi) is 5.83. The van der Waals surface area contributed by atoms with Gasteiger partial charge in [0, 0.05) is 13.5 Å². The van der Waals surface area contributed by atoms with E-state index in [1.54, 1.807) is 19.2 Å². The first kappa shape index (κ1) is 17.4. The van der Waals surface area contributed by atoms with Crippen LogP contribution in [0.25, 0.3) is 0 Å². The van der Waals surface area contributed by atoms with Crippen LogP contribution in [0.4, 0.5) is 0 Å². The topological polar surface area (TPSA) is 98.0 Å². The number of amides is 1. The number of carbonyl (C=O) groups excluding carboxylic acids is 1. The second-order valence-electron chi connectivity index (χ2n) is 5.02. The summed E-state index contributed by atoms with van der Waals surface area (Å²) in [5, 5.41) is 11.4. The van der Waals surface area contributed by atoms with E-state index in [1.807, 2.05) is 12.1 Å². The Morgan fingerprint density at radius 3 is 2.62 bits per heavy atom. The molecule has 1 aromatic carbocycles. The van der Waals surface area contributed by atoms with Crippen LogP contribution in [0.1, 0.15) is 28.3 Å². The fourth-order valence-electron chi connectivity index (χ4n) is 2.09. The quantitative estimate of drug-likeness (QED) is 0.769. The minimum Gasteiger partial charge on any atom is -0.493 e. The molecule has 1 amide bonds. The van der Waals surface area contributed by atoms with Crippen LogP contribution in [0.15, 0.2) is 34.7 Å². The SMILES string of the molecule is CNC(=O)CCc1ccc(OCc2ccc(C(=O)O)o2)c(OC)c1. The third kappa shape index (κ3) is 4.52. The largest absolute Gasteiger partial charge is 0.493 e. The van der Waals surface area contributed by atoms with E-state index in [9.17, 15) is 9.59 Å². The molecule has 2 aromatic rings. The number of aromatic carboxylic acids is 1. The number of aryl methyl sites for hydroxylation is 1. The summed E-state index contributed by atoms with van der Waals surface area (Å²) in [5.41, 5.74) is 0.953. The van der Waals surface area contributed by atoms with Crippen LogP contribution in [0.2, 0.25) is 0 Å². The van der Waals surface area contributed by atoms with Crippen LogP contribution in [0, 0.1) is 0 Å². The molecule has 0 spiro atoms. The van der Waals surface area contributed by atoms with Gasteiger partial charge in [-0.3, -0.25) is 4.79 Å². The zero-order chi connectivity index (χ0) is 17.5. The molecule has 0 aliphatic heterocycles. The van der Waals surface area contributed by atoms with Gasteiger partial charge < -0.3 is 24.3 Å². The maximum Gasteiger partial charge on any atom is 0.371 e. The van der Waals surface area contributed by atoms with E-state index >= 15 is 0 Å². The molecule has 2 N–H and O–H groups in total. The molecule has 0 saturated carbocycles. The van der Waals surface area contributed by atoms with Crippen molar-refractivity contribution in [3.8, 4) is 11.5 Å². The van der Waals surface area contributed by atoms with Crippen molar-refractivity contribution in [3.05, 3.63) is 47.4 Å². The highest BCUT2D eigenvalue weighted by Crippen LogP contribution is 2.29. The standard InChI is InChI=1S/C17H19NO6/c1-18-16(19)8-4-11-3-6-13(15(9-11)22-2)23-10-12-5-7-14(24-12)17(20)21/h3,5-7,9H,4,8,10H2,1-2H3,(H,18,19)(H,20,21). The van der Waals surface area contributed by atoms with Crippen molar-refractivity contribution >= 4 is 11.9 Å². The summed E-state index contributed by atoms with van der Waals surface area (Å²) in [6, 6.07) is 8.33. The van der Waals surface area contributed by atoms with E-state index in [-0.39, 0.29) is 18.3 Å². The van der Waals surface area contributed by atoms with Crippen molar-refractivity contribution < 1.29 is 28.6 Å². The lowest BCUT2D eigenvalue weighted by molar-refractivity contribution is -0.120. The van der Waals surface area contributed by atoms with Crippen molar-refractivity contribution in [1.29, 1.82) is 0 Å². The van der Waals surface area contributed by atoms with Crippen molar-refractivity contribution in [2.45, 2.75) is 19.4 Å². The second kappa shape index (κ2) is 8.05. The van der Waals surface area contributed by atoms with Gasteiger partial charge in [0.05, 0.1) is 7.11 Å². The molecule has 0 unspecified atom stereocenters. The molecule has 0 aliphatic rings. The molecule has 7 heteroatoms. The lowest BCUT2D eigenvalue weighted by atomic mass is 10.1. The average Bonchev–Trinajstić information content (AvgIpc) is 3.07. The van der Waals surface area contributed by atoms with Crippen LogP contribution in [-0.4, -0.2) is 31.1 Å². The highest BCUT2D eigenvalue weighted by molar-refractivity contribution is 5.84. The van der Waals surface area contributed by atoms with E-state index in [4.69, 9.17) is 19.0 Å². The van der Waals surface area contributed by atoms with Crippen LogP contribution in [0.3, 0.4) is 0 Å². The first-order valence-electron chi connectivity index (χ1n) is 7.35. The Balaban J connectivity index is 2.01. The first-order valence-corrected chi connectivity index (χ1v) is 7.35. The Hall–Kier alpha value is -2.96. The van der Waals surface area contributed by atoms with Crippen LogP contribution in [-0.2, 0) is 17.8 Å². The zero-order valence-electron chi connectivity index (χ0n) is 13.5. The fraction of sp³-hybridized carbons (Fsp3) is 0.294. The van der Waals surface area contributed by atoms with Gasteiger partial charge in [-0.15, -0.1) is 0 Å². The lowest BCUT2D eigenvalue weighted by Crippen LogP contribution is -2.17. The number of methoxy groups -OCH3 is 1. The predicted molar refractivity (Wildman–Crippen MR) is 85.4 cm³/mol. The minimum atomic E-state index is -1.13. The fourth-order valence-corrected chi connectivity index (χ4v) is 2.09. The molecule has 0 atom stereocenters. The number of rotatable bonds is 8. The first-order chi connectivity index (χ1) is 11.5. The molecule has 0 bridgehead atoms. The van der Waals surface area contributed by atoms with Crippen molar-refractivity contribution in [1.82, 2.24) is 5.32 Å². The third-order valence-electron chi connectivity index (χ3n) is 3.39. The predicted octanol–water partition coefficient (Wildman–Crippen LogP) is 2.24. The van der Waals surface area contributed by atoms with Gasteiger partial charge in [-0.05, 0) is 36.2 Å². The number of benzene rings is 1. The summed E-state index contributed by atoms with van der Waals surface area (Å²) in [5.74, 6) is 0.160. The van der Waals surface area contributed by atoms with Crippen molar-refractivity contribution in [2.75, 3.05) is 14.2 Å². The van der Waals surface area contributed by atoms with Crippen LogP contribution < -0.4 is 14.8 Å². The number of carboxylic acids is 1. The summed E-state index contributed by atoms with van der Waals surface area (Å²) in [6.07, 6.45) is 0.987. The second-order valence-corrected chi connectivity index (χ2v) is 5.02. The number of carboxylic acid groups (broad SMARTS) is 1. The van der Waals surface area contributed by atoms with Gasteiger partial charge in [-0.1, -0.05) is 6.07 Å². The van der Waals surface area contributed by atoms with E-state index < -0.39 is 5.97 Å². The molecule has 0 saturated heterocycles. The maximum atomic E-state index is 11.3. The number of ether oxygens (including phenoxy) is 2. The summed E-state index contributed by atoms with van der Waals surface area (Å²) in [4.78, 5) is 22.1. The Labute approximate surface area is 139 Å². The number of hydrogen-bond acceptors (Lipinski definition) is 5. The van der Waals surface area contributed by atoms with Gasteiger partial charge in [0.1, 0.15) is 12.4 Å². The minimum absolute atomic E-state index is 0.0265. The van der Waals surface area contributed by atoms with Crippen LogP contribution in [0.5, 0.6) is 11.5 Å². The zero-order valence-corrected chi connectivity index (χ0v) is 13.5. The Bertz CT molecular complexity index is 722. The molecular weight excluding hydrogens is 314 g/mol. The molecule has 1 aromatic heterocycles. The molecule has 2 rings (SSSR count). The molecule has 0 aliphatic carbocycles. The molecule has 7 nitrogen and oxygen atoms in total. The molecule has 0 fully saturated rings. The maximum absolute atomic E-state index is 11.3. The molecule has 24 heavy (non-hydrogen) atoms. The summed E-state index contributed by atoms with van der Waals surface area (Å²) >= 11 is 0. The lowest BCUT2D eigenvalue weighted by Gasteiger charge is -2.11. The number of carbonyl (C=O) groups is 2. The third-order valence-corrected chi connectivity index (χ3v) is 3.39. The van der Waals surface area contributed by atoms with E-state index in [1.165, 1.54) is 13.2 Å². The Morgan fingerprint density at radius 1 is 1.21 bits per heavy atom. The highest BCUT2D eigenvalue weighted by atomic mass is 16.5. The van der Waals surface area contributed by atoms with Gasteiger partial charge >= 0.3 is 5.97 Å². The monoisotopic (exact) mass is 333 g/mol. The molecular formula is C17H19NO6. The van der Waals surface area contributed by atoms with Crippen molar-refractivity contribution in [3.63, 3.8) is 0 Å². The number of nitrogens with one attached hydrogen (secondary N) is 1. The van der Waals surface area contributed by atoms with Gasteiger partial charge in [-0.25, -0.2) is 4.79 Å². The smallest absolute Gasteiger partial charge is 0.371 e. The Morgan fingerprint density at radius 2 is 2.00 bits per heavy atom. The summed E-state index contributed by atoms with van der Waals surface area (Å²) in [7, 11) is 3.13. The summed E-state index contributed by atoms with van der Waals surface area (Å²) in [6.45, 7) is 0.0846. The van der Waals surface area contributed by atoms with E-state index in [0.717, 1.165) is 5.56 Å². The van der Waals surface area contributed by atoms with Gasteiger partial charge in [0.15, 0.2) is 11.5 Å². The van der Waals surface area contributed by atoms with Crippen LogP contribution >= 0.6 is 0 Å². The van der Waals surface area contributed by atoms with Gasteiger partial charge in [0.25, 0.3) is 0 Å². The number of furan rings is 1. The van der Waals surface area contributed by atoms with Gasteiger partial charge in [-0.2, -0.15) is 0 Å². The summed E-state index contributed by atoms with van der Waals surface area (Å²) < 4.78 is 16.1. The van der Waals surface area contributed by atoms with Gasteiger partial charge in [0.2, 0.25) is 11.7 Å². The normalized spacial score (nSPS) is 10.2. The highest BCUT2D eigenvalue weighted by Gasteiger charge is 2.11. The molecule has 1 heterocycles. The van der Waals surface area contributed by atoms with E-state index in [0.29, 0.717) is 30.1 Å². The van der Waals surface area contributed by atoms with Crippen molar-refractivity contribution in [2.24, 2.45) is 0 Å². The molecule has 128 valence electrons. The van der Waals surface area contributed by atoms with E-state index in [2.05, 4.69) is 5.32 Å².